The van der Waals surface area contributed by atoms with E-state index < -0.39 is 20.0 Å². The van der Waals surface area contributed by atoms with Gasteiger partial charge in [-0.15, -0.1) is 12.4 Å². The SMILES string of the molecule is CCNCCNS(=O)(=O)c1ccc(S(=O)(=O)NC2CC2)cc1.Cl. The summed E-state index contributed by atoms with van der Waals surface area (Å²) in [5.74, 6) is 0. The van der Waals surface area contributed by atoms with Crippen LogP contribution in [0, 0.1) is 0 Å². The molecule has 1 aliphatic rings. The molecular weight excluding hydrogens is 362 g/mol. The Hall–Kier alpha value is -0.710. The molecule has 23 heavy (non-hydrogen) atoms. The highest BCUT2D eigenvalue weighted by molar-refractivity contribution is 7.90. The highest BCUT2D eigenvalue weighted by Gasteiger charge is 2.28. The number of likely N-dealkylation sites (N-methyl/N-ethyl adjacent to an activating group) is 1. The number of sulfonamides is 2. The Morgan fingerprint density at radius 1 is 0.957 bits per heavy atom. The smallest absolute Gasteiger partial charge is 0.240 e. The van der Waals surface area contributed by atoms with Crippen molar-refractivity contribution in [2.24, 2.45) is 0 Å². The van der Waals surface area contributed by atoms with Crippen molar-refractivity contribution in [3.05, 3.63) is 24.3 Å². The Morgan fingerprint density at radius 3 is 1.96 bits per heavy atom. The molecule has 0 aromatic heterocycles. The lowest BCUT2D eigenvalue weighted by molar-refractivity contribution is 0.575. The van der Waals surface area contributed by atoms with Gasteiger partial charge in [0.05, 0.1) is 9.79 Å². The number of hydrogen-bond donors (Lipinski definition) is 3. The molecule has 1 aromatic carbocycles. The van der Waals surface area contributed by atoms with Crippen LogP contribution in [-0.4, -0.2) is 42.5 Å². The largest absolute Gasteiger partial charge is 0.316 e. The quantitative estimate of drug-likeness (QED) is 0.536. The second kappa shape index (κ2) is 8.41. The number of nitrogens with one attached hydrogen (secondary N) is 3. The molecule has 132 valence electrons. The molecule has 0 bridgehead atoms. The summed E-state index contributed by atoms with van der Waals surface area (Å²) in [5.41, 5.74) is 0. The van der Waals surface area contributed by atoms with Gasteiger partial charge in [0.2, 0.25) is 20.0 Å². The molecule has 0 atom stereocenters. The van der Waals surface area contributed by atoms with Crippen molar-refractivity contribution in [1.82, 2.24) is 14.8 Å². The van der Waals surface area contributed by atoms with Crippen molar-refractivity contribution in [3.8, 4) is 0 Å². The lowest BCUT2D eigenvalue weighted by Gasteiger charge is -2.09. The van der Waals surface area contributed by atoms with E-state index in [0.717, 1.165) is 19.4 Å². The van der Waals surface area contributed by atoms with E-state index in [4.69, 9.17) is 0 Å². The molecule has 0 unspecified atom stereocenters. The summed E-state index contributed by atoms with van der Waals surface area (Å²) in [6, 6.07) is 5.24. The Balaban J connectivity index is 0.00000264. The van der Waals surface area contributed by atoms with Crippen LogP contribution < -0.4 is 14.8 Å². The van der Waals surface area contributed by atoms with Crippen LogP contribution in [0.4, 0.5) is 0 Å². The van der Waals surface area contributed by atoms with E-state index >= 15 is 0 Å². The summed E-state index contributed by atoms with van der Waals surface area (Å²) in [6.07, 6.45) is 1.70. The summed E-state index contributed by atoms with van der Waals surface area (Å²) in [5, 5.41) is 3.01. The van der Waals surface area contributed by atoms with E-state index in [0.29, 0.717) is 6.54 Å². The van der Waals surface area contributed by atoms with Gasteiger partial charge in [-0.05, 0) is 43.7 Å². The maximum Gasteiger partial charge on any atom is 0.240 e. The minimum atomic E-state index is -3.62. The monoisotopic (exact) mass is 383 g/mol. The molecule has 0 saturated heterocycles. The highest BCUT2D eigenvalue weighted by Crippen LogP contribution is 2.22. The van der Waals surface area contributed by atoms with Gasteiger partial charge in [0.1, 0.15) is 0 Å². The zero-order valence-electron chi connectivity index (χ0n) is 12.8. The van der Waals surface area contributed by atoms with E-state index in [1.165, 1.54) is 24.3 Å². The van der Waals surface area contributed by atoms with Crippen LogP contribution in [0.25, 0.3) is 0 Å². The van der Waals surface area contributed by atoms with Crippen LogP contribution in [0.5, 0.6) is 0 Å². The molecule has 3 N–H and O–H groups in total. The van der Waals surface area contributed by atoms with Gasteiger partial charge in [-0.3, -0.25) is 0 Å². The molecule has 0 spiro atoms. The predicted octanol–water partition coefficient (Wildman–Crippen LogP) is 0.437. The molecule has 0 aliphatic heterocycles. The molecule has 1 fully saturated rings. The zero-order chi connectivity index (χ0) is 16.2. The van der Waals surface area contributed by atoms with E-state index in [1.54, 1.807) is 0 Å². The maximum atomic E-state index is 12.0. The second-order valence-corrected chi connectivity index (χ2v) is 8.60. The van der Waals surface area contributed by atoms with Crippen LogP contribution in [0.2, 0.25) is 0 Å². The number of halogens is 1. The third-order valence-electron chi connectivity index (χ3n) is 3.19. The fraction of sp³-hybridized carbons (Fsp3) is 0.538. The third-order valence-corrected chi connectivity index (χ3v) is 6.20. The first-order valence-electron chi connectivity index (χ1n) is 7.18. The average Bonchev–Trinajstić information content (AvgIpc) is 3.27. The van der Waals surface area contributed by atoms with Crippen LogP contribution in [-0.2, 0) is 20.0 Å². The van der Waals surface area contributed by atoms with E-state index in [9.17, 15) is 16.8 Å². The molecule has 10 heteroatoms. The lowest BCUT2D eigenvalue weighted by Crippen LogP contribution is -2.31. The standard InChI is InChI=1S/C13H21N3O4S2.ClH/c1-2-14-9-10-15-21(17,18)12-5-7-13(8-6-12)22(19,20)16-11-3-4-11;/h5-8,11,14-16H,2-4,9-10H2,1H3;1H. The van der Waals surface area contributed by atoms with Gasteiger partial charge >= 0.3 is 0 Å². The Kier molecular flexibility index (Phi) is 7.43. The lowest BCUT2D eigenvalue weighted by atomic mass is 10.4. The summed E-state index contributed by atoms with van der Waals surface area (Å²) in [4.78, 5) is 0.125. The molecule has 1 saturated carbocycles. The normalized spacial score (nSPS) is 15.2. The van der Waals surface area contributed by atoms with Gasteiger partial charge < -0.3 is 5.32 Å². The first-order valence-corrected chi connectivity index (χ1v) is 10.1. The predicted molar refractivity (Wildman–Crippen MR) is 90.8 cm³/mol. The average molecular weight is 384 g/mol. The van der Waals surface area contributed by atoms with Gasteiger partial charge in [-0.25, -0.2) is 26.3 Å². The summed E-state index contributed by atoms with van der Waals surface area (Å²) in [6.45, 7) is 3.51. The molecule has 2 rings (SSSR count). The Bertz CT molecular complexity index is 701. The van der Waals surface area contributed by atoms with Crippen molar-refractivity contribution in [1.29, 1.82) is 0 Å². The molecule has 0 radical (unpaired) electrons. The van der Waals surface area contributed by atoms with Crippen LogP contribution >= 0.6 is 12.4 Å². The number of benzene rings is 1. The minimum absolute atomic E-state index is 0. The molecule has 0 amide bonds. The van der Waals surface area contributed by atoms with Crippen LogP contribution in [0.1, 0.15) is 19.8 Å². The third kappa shape index (κ3) is 6.02. The molecular formula is C13H22ClN3O4S2. The summed E-state index contributed by atoms with van der Waals surface area (Å²) >= 11 is 0. The fourth-order valence-electron chi connectivity index (χ4n) is 1.82. The zero-order valence-corrected chi connectivity index (χ0v) is 15.2. The Morgan fingerprint density at radius 2 is 1.48 bits per heavy atom. The molecule has 1 aliphatic carbocycles. The van der Waals surface area contributed by atoms with E-state index in [-0.39, 0.29) is 34.8 Å². The van der Waals surface area contributed by atoms with Crippen molar-refractivity contribution >= 4 is 32.5 Å². The van der Waals surface area contributed by atoms with E-state index in [2.05, 4.69) is 14.8 Å². The van der Waals surface area contributed by atoms with Crippen LogP contribution in [0.15, 0.2) is 34.1 Å². The van der Waals surface area contributed by atoms with Gasteiger partial charge in [0.25, 0.3) is 0 Å². The van der Waals surface area contributed by atoms with Crippen molar-refractivity contribution in [2.45, 2.75) is 35.6 Å². The number of rotatable bonds is 9. The first-order chi connectivity index (χ1) is 10.3. The van der Waals surface area contributed by atoms with Crippen molar-refractivity contribution < 1.29 is 16.8 Å². The molecule has 7 nitrogen and oxygen atoms in total. The molecule has 0 heterocycles. The van der Waals surface area contributed by atoms with Crippen molar-refractivity contribution in [3.63, 3.8) is 0 Å². The van der Waals surface area contributed by atoms with Gasteiger partial charge in [-0.1, -0.05) is 6.92 Å². The first kappa shape index (κ1) is 20.3. The topological polar surface area (TPSA) is 104 Å². The number of hydrogen-bond acceptors (Lipinski definition) is 5. The highest BCUT2D eigenvalue weighted by atomic mass is 35.5. The molecule has 1 aromatic rings. The second-order valence-electron chi connectivity index (χ2n) is 5.12. The van der Waals surface area contributed by atoms with Gasteiger partial charge in [-0.2, -0.15) is 0 Å². The fourth-order valence-corrected chi connectivity index (χ4v) is 4.16. The van der Waals surface area contributed by atoms with Crippen LogP contribution in [0.3, 0.4) is 0 Å². The maximum absolute atomic E-state index is 12.0. The summed E-state index contributed by atoms with van der Waals surface area (Å²) < 4.78 is 53.1. The summed E-state index contributed by atoms with van der Waals surface area (Å²) in [7, 11) is -7.18. The van der Waals surface area contributed by atoms with Gasteiger partial charge in [0, 0.05) is 19.1 Å². The van der Waals surface area contributed by atoms with E-state index in [1.807, 2.05) is 6.92 Å². The van der Waals surface area contributed by atoms with Crippen molar-refractivity contribution in [2.75, 3.05) is 19.6 Å². The minimum Gasteiger partial charge on any atom is -0.316 e. The van der Waals surface area contributed by atoms with Gasteiger partial charge in [0.15, 0.2) is 0 Å². The Labute approximate surface area is 143 Å².